The first-order valence-electron chi connectivity index (χ1n) is 6.45. The molecule has 100 valence electrons. The van der Waals surface area contributed by atoms with Crippen LogP contribution in [-0.4, -0.2) is 23.2 Å². The van der Waals surface area contributed by atoms with Gasteiger partial charge in [-0.3, -0.25) is 0 Å². The van der Waals surface area contributed by atoms with Crippen LogP contribution in [0.3, 0.4) is 0 Å². The maximum absolute atomic E-state index is 5.45. The van der Waals surface area contributed by atoms with Gasteiger partial charge in [-0.25, -0.2) is 0 Å². The predicted molar refractivity (Wildman–Crippen MR) is 76.1 cm³/mol. The molecule has 0 radical (unpaired) electrons. The molecule has 2 aromatic rings. The van der Waals surface area contributed by atoms with E-state index in [2.05, 4.69) is 44.4 Å². The Morgan fingerprint density at radius 2 is 2.26 bits per heavy atom. The number of nitrogens with zero attached hydrogens (tertiary/aromatic N) is 2. The fourth-order valence-corrected chi connectivity index (χ4v) is 2.81. The van der Waals surface area contributed by atoms with Crippen LogP contribution in [0.5, 0.6) is 0 Å². The van der Waals surface area contributed by atoms with E-state index in [1.807, 2.05) is 18.2 Å². The number of hydrogen-bond donors (Lipinski definition) is 1. The molecule has 1 aromatic carbocycles. The predicted octanol–water partition coefficient (Wildman–Crippen LogP) is 2.67. The van der Waals surface area contributed by atoms with E-state index in [9.17, 15) is 0 Å². The van der Waals surface area contributed by atoms with Gasteiger partial charge in [0.2, 0.25) is 5.89 Å². The van der Waals surface area contributed by atoms with Gasteiger partial charge in [-0.15, -0.1) is 0 Å². The summed E-state index contributed by atoms with van der Waals surface area (Å²) < 4.78 is 6.53. The molecule has 4 nitrogen and oxygen atoms in total. The lowest BCUT2D eigenvalue weighted by molar-refractivity contribution is 0.304. The van der Waals surface area contributed by atoms with Crippen LogP contribution in [-0.2, 0) is 11.8 Å². The highest BCUT2D eigenvalue weighted by molar-refractivity contribution is 9.10. The molecule has 0 saturated carbocycles. The Bertz CT molecular complexity index is 576. The summed E-state index contributed by atoms with van der Waals surface area (Å²) in [6.07, 6.45) is 1.73. The normalized spacial score (nSPS) is 22.8. The highest BCUT2D eigenvalue weighted by atomic mass is 79.9. The average molecular weight is 322 g/mol. The van der Waals surface area contributed by atoms with Crippen LogP contribution >= 0.6 is 15.9 Å². The van der Waals surface area contributed by atoms with Crippen LogP contribution < -0.4 is 5.32 Å². The number of benzene rings is 1. The lowest BCUT2D eigenvalue weighted by Gasteiger charge is -2.15. The van der Waals surface area contributed by atoms with Gasteiger partial charge in [0.15, 0.2) is 5.82 Å². The lowest BCUT2D eigenvalue weighted by atomic mass is 9.90. The molecule has 0 bridgehead atoms. The summed E-state index contributed by atoms with van der Waals surface area (Å²) in [5, 5.41) is 7.45. The quantitative estimate of drug-likeness (QED) is 0.944. The zero-order chi connectivity index (χ0) is 13.3. The molecule has 1 aliphatic rings. The van der Waals surface area contributed by atoms with Crippen molar-refractivity contribution < 1.29 is 4.52 Å². The van der Waals surface area contributed by atoms with Gasteiger partial charge >= 0.3 is 0 Å². The van der Waals surface area contributed by atoms with Crippen molar-refractivity contribution in [1.82, 2.24) is 15.5 Å². The SMILES string of the molecule is CC1(c2nc(Cc3ccccc3Br)no2)CCNC1. The number of nitrogens with one attached hydrogen (secondary N) is 1. The van der Waals surface area contributed by atoms with Gasteiger partial charge in [-0.1, -0.05) is 39.3 Å². The third kappa shape index (κ3) is 2.58. The van der Waals surface area contributed by atoms with Gasteiger partial charge in [0.05, 0.1) is 5.41 Å². The average Bonchev–Trinajstić information content (AvgIpc) is 3.02. The molecule has 19 heavy (non-hydrogen) atoms. The van der Waals surface area contributed by atoms with Gasteiger partial charge in [-0.05, 0) is 31.5 Å². The standard InChI is InChI=1S/C14H16BrN3O/c1-14(6-7-16-9-14)13-17-12(18-19-13)8-10-4-2-3-5-11(10)15/h2-5,16H,6-9H2,1H3. The maximum Gasteiger partial charge on any atom is 0.233 e. The first kappa shape index (κ1) is 12.8. The highest BCUT2D eigenvalue weighted by Crippen LogP contribution is 2.29. The molecule has 0 spiro atoms. The largest absolute Gasteiger partial charge is 0.339 e. The molecule has 1 fully saturated rings. The smallest absolute Gasteiger partial charge is 0.233 e. The molecule has 5 heteroatoms. The summed E-state index contributed by atoms with van der Waals surface area (Å²) in [6, 6.07) is 8.11. The van der Waals surface area contributed by atoms with Crippen LogP contribution in [0.1, 0.15) is 30.6 Å². The molecule has 1 N–H and O–H groups in total. The summed E-state index contributed by atoms with van der Waals surface area (Å²) in [5.74, 6) is 1.49. The van der Waals surface area contributed by atoms with E-state index in [0.29, 0.717) is 6.42 Å². The Hall–Kier alpha value is -1.20. The van der Waals surface area contributed by atoms with Crippen LogP contribution in [0.15, 0.2) is 33.3 Å². The van der Waals surface area contributed by atoms with E-state index >= 15 is 0 Å². The maximum atomic E-state index is 5.45. The fourth-order valence-electron chi connectivity index (χ4n) is 2.38. The topological polar surface area (TPSA) is 51.0 Å². The summed E-state index contributed by atoms with van der Waals surface area (Å²) >= 11 is 3.54. The fraction of sp³-hybridized carbons (Fsp3) is 0.429. The van der Waals surface area contributed by atoms with Crippen molar-refractivity contribution in [1.29, 1.82) is 0 Å². The number of halogens is 1. The summed E-state index contributed by atoms with van der Waals surface area (Å²) in [7, 11) is 0. The molecular weight excluding hydrogens is 306 g/mol. The van der Waals surface area contributed by atoms with Crippen molar-refractivity contribution in [3.8, 4) is 0 Å². The summed E-state index contributed by atoms with van der Waals surface area (Å²) in [6.45, 7) is 4.09. The van der Waals surface area contributed by atoms with Gasteiger partial charge in [-0.2, -0.15) is 4.98 Å². The van der Waals surface area contributed by atoms with E-state index in [1.165, 1.54) is 5.56 Å². The first-order chi connectivity index (χ1) is 9.17. The second-order valence-electron chi connectivity index (χ2n) is 5.27. The molecule has 1 aromatic heterocycles. The zero-order valence-corrected chi connectivity index (χ0v) is 12.4. The van der Waals surface area contributed by atoms with Crippen LogP contribution in [0.4, 0.5) is 0 Å². The Labute approximate surface area is 120 Å². The van der Waals surface area contributed by atoms with Gasteiger partial charge in [0.25, 0.3) is 0 Å². The summed E-state index contributed by atoms with van der Waals surface area (Å²) in [4.78, 5) is 4.56. The zero-order valence-electron chi connectivity index (χ0n) is 10.8. The van der Waals surface area contributed by atoms with E-state index in [0.717, 1.165) is 35.7 Å². The second kappa shape index (κ2) is 5.06. The van der Waals surface area contributed by atoms with Gasteiger partial charge in [0.1, 0.15) is 0 Å². The van der Waals surface area contributed by atoms with Crippen molar-refractivity contribution in [2.45, 2.75) is 25.2 Å². The van der Waals surface area contributed by atoms with Crippen molar-refractivity contribution in [2.24, 2.45) is 0 Å². The second-order valence-corrected chi connectivity index (χ2v) is 6.13. The highest BCUT2D eigenvalue weighted by Gasteiger charge is 2.36. The molecule has 0 aliphatic carbocycles. The van der Waals surface area contributed by atoms with E-state index in [-0.39, 0.29) is 5.41 Å². The van der Waals surface area contributed by atoms with E-state index in [4.69, 9.17) is 4.52 Å². The van der Waals surface area contributed by atoms with Gasteiger partial charge < -0.3 is 9.84 Å². The Balaban J connectivity index is 1.80. The number of hydrogen-bond acceptors (Lipinski definition) is 4. The molecule has 1 aliphatic heterocycles. The summed E-state index contributed by atoms with van der Waals surface area (Å²) in [5.41, 5.74) is 1.16. The van der Waals surface area contributed by atoms with E-state index in [1.54, 1.807) is 0 Å². The molecule has 1 unspecified atom stereocenters. The molecular formula is C14H16BrN3O. The minimum absolute atomic E-state index is 0.0147. The third-order valence-electron chi connectivity index (χ3n) is 3.66. The third-order valence-corrected chi connectivity index (χ3v) is 4.43. The Morgan fingerprint density at radius 3 is 3.00 bits per heavy atom. The molecule has 1 saturated heterocycles. The Kier molecular flexibility index (Phi) is 3.41. The van der Waals surface area contributed by atoms with Crippen LogP contribution in [0, 0.1) is 0 Å². The van der Waals surface area contributed by atoms with E-state index < -0.39 is 0 Å². The molecule has 1 atom stereocenters. The first-order valence-corrected chi connectivity index (χ1v) is 7.24. The van der Waals surface area contributed by atoms with Crippen molar-refractivity contribution in [2.75, 3.05) is 13.1 Å². The molecule has 3 rings (SSSR count). The monoisotopic (exact) mass is 321 g/mol. The molecule has 0 amide bonds. The minimum Gasteiger partial charge on any atom is -0.339 e. The van der Waals surface area contributed by atoms with Crippen LogP contribution in [0.2, 0.25) is 0 Å². The Morgan fingerprint density at radius 1 is 1.42 bits per heavy atom. The minimum atomic E-state index is -0.0147. The number of aromatic nitrogens is 2. The molecule has 2 heterocycles. The van der Waals surface area contributed by atoms with Gasteiger partial charge in [0, 0.05) is 17.4 Å². The number of rotatable bonds is 3. The van der Waals surface area contributed by atoms with Crippen LogP contribution in [0.25, 0.3) is 0 Å². The van der Waals surface area contributed by atoms with Crippen molar-refractivity contribution in [3.05, 3.63) is 46.0 Å². The van der Waals surface area contributed by atoms with Crippen molar-refractivity contribution in [3.63, 3.8) is 0 Å². The van der Waals surface area contributed by atoms with Crippen molar-refractivity contribution >= 4 is 15.9 Å². The lowest BCUT2D eigenvalue weighted by Crippen LogP contribution is -2.25.